The quantitative estimate of drug-likeness (QED) is 0.638. The first-order chi connectivity index (χ1) is 12.6. The summed E-state index contributed by atoms with van der Waals surface area (Å²) in [6.45, 7) is 5.97. The van der Waals surface area contributed by atoms with E-state index in [1.165, 1.54) is 15.6 Å². The van der Waals surface area contributed by atoms with Crippen LogP contribution >= 0.6 is 11.3 Å². The second kappa shape index (κ2) is 7.09. The monoisotopic (exact) mass is 365 g/mol. The molecular formula is C21H23N3OS. The molecule has 3 N–H and O–H groups in total. The molecule has 0 radical (unpaired) electrons. The Labute approximate surface area is 157 Å². The van der Waals surface area contributed by atoms with Gasteiger partial charge in [-0.05, 0) is 53.9 Å². The molecule has 1 atom stereocenters. The molecule has 0 unspecified atom stereocenters. The van der Waals surface area contributed by atoms with Crippen molar-refractivity contribution in [2.24, 2.45) is 0 Å². The summed E-state index contributed by atoms with van der Waals surface area (Å²) in [4.78, 5) is 12.9. The minimum atomic E-state index is -0.0366. The van der Waals surface area contributed by atoms with E-state index in [0.29, 0.717) is 6.04 Å². The molecule has 26 heavy (non-hydrogen) atoms. The van der Waals surface area contributed by atoms with Crippen molar-refractivity contribution in [2.45, 2.75) is 25.9 Å². The van der Waals surface area contributed by atoms with Crippen LogP contribution in [-0.4, -0.2) is 25.0 Å². The Morgan fingerprint density at radius 2 is 2.04 bits per heavy atom. The lowest BCUT2D eigenvalue weighted by Gasteiger charge is -2.29. The molecular weight excluding hydrogens is 342 g/mol. The van der Waals surface area contributed by atoms with E-state index in [1.54, 1.807) is 11.3 Å². The molecule has 0 bridgehead atoms. The number of nitrogens with one attached hydrogen (secondary N) is 3. The van der Waals surface area contributed by atoms with Crippen molar-refractivity contribution < 1.29 is 4.79 Å². The van der Waals surface area contributed by atoms with E-state index in [0.717, 1.165) is 29.9 Å². The molecule has 0 saturated carbocycles. The third kappa shape index (κ3) is 3.32. The van der Waals surface area contributed by atoms with Crippen molar-refractivity contribution in [1.82, 2.24) is 10.6 Å². The number of carbonyl (C=O) groups excluding carboxylic acids is 1. The van der Waals surface area contributed by atoms with Crippen LogP contribution in [-0.2, 0) is 0 Å². The van der Waals surface area contributed by atoms with Gasteiger partial charge in [-0.25, -0.2) is 0 Å². The first-order valence-electron chi connectivity index (χ1n) is 8.96. The summed E-state index contributed by atoms with van der Waals surface area (Å²) in [5.41, 5.74) is 3.89. The highest BCUT2D eigenvalue weighted by molar-refractivity contribution is 7.17. The maximum Gasteiger partial charge on any atom is 0.252 e. The van der Waals surface area contributed by atoms with E-state index < -0.39 is 0 Å². The van der Waals surface area contributed by atoms with E-state index in [9.17, 15) is 4.79 Å². The summed E-state index contributed by atoms with van der Waals surface area (Å²) < 4.78 is 1.25. The third-order valence-electron chi connectivity index (χ3n) is 4.96. The summed E-state index contributed by atoms with van der Waals surface area (Å²) in [7, 11) is 0. The molecule has 0 spiro atoms. The van der Waals surface area contributed by atoms with Gasteiger partial charge >= 0.3 is 0 Å². The normalized spacial score (nSPS) is 15.5. The highest BCUT2D eigenvalue weighted by Gasteiger charge is 2.19. The number of benzene rings is 2. The molecule has 1 aliphatic heterocycles. The Morgan fingerprint density at radius 1 is 1.23 bits per heavy atom. The topological polar surface area (TPSA) is 53.2 Å². The van der Waals surface area contributed by atoms with E-state index in [4.69, 9.17) is 0 Å². The summed E-state index contributed by atoms with van der Waals surface area (Å²) >= 11 is 1.72. The van der Waals surface area contributed by atoms with Gasteiger partial charge in [0.15, 0.2) is 0 Å². The fourth-order valence-electron chi connectivity index (χ4n) is 3.27. The molecule has 1 aromatic heterocycles. The van der Waals surface area contributed by atoms with E-state index in [2.05, 4.69) is 33.5 Å². The summed E-state index contributed by atoms with van der Waals surface area (Å²) in [5, 5.41) is 13.2. The molecule has 4 nitrogen and oxygen atoms in total. The Hall–Kier alpha value is -2.37. The van der Waals surface area contributed by atoms with Gasteiger partial charge in [-0.2, -0.15) is 0 Å². The summed E-state index contributed by atoms with van der Waals surface area (Å²) in [6.07, 6.45) is 0. The van der Waals surface area contributed by atoms with Crippen LogP contribution in [0.1, 0.15) is 34.5 Å². The van der Waals surface area contributed by atoms with Crippen molar-refractivity contribution in [2.75, 3.05) is 18.4 Å². The summed E-state index contributed by atoms with van der Waals surface area (Å²) in [6, 6.07) is 14.7. The Morgan fingerprint density at radius 3 is 2.81 bits per heavy atom. The van der Waals surface area contributed by atoms with Crippen LogP contribution in [0.2, 0.25) is 0 Å². The van der Waals surface area contributed by atoms with Crippen LogP contribution in [0.15, 0.2) is 47.8 Å². The summed E-state index contributed by atoms with van der Waals surface area (Å²) in [5.74, 6) is -0.0272. The van der Waals surface area contributed by atoms with E-state index >= 15 is 0 Å². The number of rotatable bonds is 5. The third-order valence-corrected chi connectivity index (χ3v) is 5.94. The van der Waals surface area contributed by atoms with Crippen LogP contribution in [0.3, 0.4) is 0 Å². The van der Waals surface area contributed by atoms with Gasteiger partial charge in [-0.1, -0.05) is 24.3 Å². The van der Waals surface area contributed by atoms with Crippen molar-refractivity contribution in [3.8, 4) is 0 Å². The Bertz CT molecular complexity index is 945. The minimum Gasteiger partial charge on any atom is -0.380 e. The lowest BCUT2D eigenvalue weighted by atomic mass is 10.0. The molecule has 1 amide bonds. The first kappa shape index (κ1) is 17.1. The van der Waals surface area contributed by atoms with Gasteiger partial charge < -0.3 is 16.0 Å². The molecule has 134 valence electrons. The smallest absolute Gasteiger partial charge is 0.252 e. The van der Waals surface area contributed by atoms with Crippen LogP contribution in [0.5, 0.6) is 0 Å². The van der Waals surface area contributed by atoms with E-state index in [-0.39, 0.29) is 11.9 Å². The van der Waals surface area contributed by atoms with Crippen LogP contribution in [0.25, 0.3) is 10.1 Å². The van der Waals surface area contributed by atoms with Crippen LogP contribution < -0.4 is 16.0 Å². The van der Waals surface area contributed by atoms with Crippen molar-refractivity contribution >= 4 is 33.0 Å². The van der Waals surface area contributed by atoms with Crippen molar-refractivity contribution in [3.05, 3.63) is 64.5 Å². The van der Waals surface area contributed by atoms with Crippen molar-refractivity contribution in [1.29, 1.82) is 0 Å². The average molecular weight is 366 g/mol. The number of carbonyl (C=O) groups is 1. The second-order valence-electron chi connectivity index (χ2n) is 6.91. The molecule has 1 fully saturated rings. The van der Waals surface area contributed by atoms with Gasteiger partial charge in [0.2, 0.25) is 0 Å². The zero-order valence-corrected chi connectivity index (χ0v) is 15.8. The molecule has 5 heteroatoms. The Balaban J connectivity index is 1.52. The number of hydrogen-bond acceptors (Lipinski definition) is 4. The molecule has 0 aliphatic carbocycles. The fraction of sp³-hybridized carbons (Fsp3) is 0.286. The van der Waals surface area contributed by atoms with Gasteiger partial charge in [-0.15, -0.1) is 11.3 Å². The first-order valence-corrected chi connectivity index (χ1v) is 9.84. The molecule has 2 heterocycles. The van der Waals surface area contributed by atoms with E-state index in [1.807, 2.05) is 44.2 Å². The molecule has 4 rings (SSSR count). The molecule has 2 aromatic carbocycles. The number of thiophene rings is 1. The molecule has 3 aromatic rings. The Kier molecular flexibility index (Phi) is 4.66. The highest BCUT2D eigenvalue weighted by Crippen LogP contribution is 2.30. The maximum atomic E-state index is 12.9. The number of hydrogen-bond donors (Lipinski definition) is 3. The van der Waals surface area contributed by atoms with Crippen LogP contribution in [0.4, 0.5) is 5.69 Å². The van der Waals surface area contributed by atoms with Gasteiger partial charge in [0, 0.05) is 29.0 Å². The van der Waals surface area contributed by atoms with Gasteiger partial charge in [-0.3, -0.25) is 4.79 Å². The van der Waals surface area contributed by atoms with Crippen LogP contribution in [0, 0.1) is 6.92 Å². The van der Waals surface area contributed by atoms with Gasteiger partial charge in [0.25, 0.3) is 5.91 Å². The molecule has 1 saturated heterocycles. The van der Waals surface area contributed by atoms with Gasteiger partial charge in [0.1, 0.15) is 0 Å². The fourth-order valence-corrected chi connectivity index (χ4v) is 4.32. The SMILES string of the molecule is Cc1ccc(NC2CNC2)cc1C(=O)N[C@H](C)c1csc2ccccc12. The predicted molar refractivity (Wildman–Crippen MR) is 109 cm³/mol. The average Bonchev–Trinajstić information content (AvgIpc) is 3.03. The van der Waals surface area contributed by atoms with Gasteiger partial charge in [0.05, 0.1) is 12.1 Å². The number of fused-ring (bicyclic) bond motifs is 1. The highest BCUT2D eigenvalue weighted by atomic mass is 32.1. The lowest BCUT2D eigenvalue weighted by Crippen LogP contribution is -2.51. The minimum absolute atomic E-state index is 0.0272. The second-order valence-corrected chi connectivity index (χ2v) is 7.82. The maximum absolute atomic E-state index is 12.9. The lowest BCUT2D eigenvalue weighted by molar-refractivity contribution is 0.0939. The number of aryl methyl sites for hydroxylation is 1. The van der Waals surface area contributed by atoms with Crippen molar-refractivity contribution in [3.63, 3.8) is 0 Å². The number of amides is 1. The zero-order chi connectivity index (χ0) is 18.1. The number of anilines is 1. The predicted octanol–water partition coefficient (Wildman–Crippen LogP) is 4.08. The zero-order valence-electron chi connectivity index (χ0n) is 15.0. The molecule has 1 aliphatic rings. The largest absolute Gasteiger partial charge is 0.380 e. The standard InChI is InChI=1S/C21H23N3OS/c1-13-7-8-15(24-16-10-22-11-16)9-18(13)21(25)23-14(2)19-12-26-20-6-4-3-5-17(19)20/h3-9,12,14,16,22,24H,10-11H2,1-2H3,(H,23,25)/t14-/m1/s1.